The van der Waals surface area contributed by atoms with Crippen LogP contribution in [-0.4, -0.2) is 21.6 Å². The Morgan fingerprint density at radius 2 is 1.92 bits per heavy atom. The molecule has 0 spiro atoms. The Morgan fingerprint density at radius 1 is 1.08 bits per heavy atom. The largest absolute Gasteiger partial charge is 0.493 e. The van der Waals surface area contributed by atoms with Crippen LogP contribution in [0.25, 0.3) is 22.6 Å². The van der Waals surface area contributed by atoms with Crippen LogP contribution >= 0.6 is 0 Å². The van der Waals surface area contributed by atoms with Gasteiger partial charge in [0, 0.05) is 23.1 Å². The minimum atomic E-state index is -0.0589. The van der Waals surface area contributed by atoms with Crippen LogP contribution < -0.4 is 4.74 Å². The molecule has 1 N–H and O–H groups in total. The van der Waals surface area contributed by atoms with Gasteiger partial charge in [-0.05, 0) is 42.8 Å². The number of aromatic amines is 1. The topological polar surface area (TPSA) is 50.8 Å². The Morgan fingerprint density at radius 3 is 2.68 bits per heavy atom. The molecule has 0 aliphatic carbocycles. The van der Waals surface area contributed by atoms with Gasteiger partial charge in [-0.1, -0.05) is 26.8 Å². The number of hydrogen-bond donors (Lipinski definition) is 1. The minimum Gasteiger partial charge on any atom is -0.493 e. The van der Waals surface area contributed by atoms with Crippen LogP contribution in [0.5, 0.6) is 5.75 Å². The second kappa shape index (κ2) is 5.73. The van der Waals surface area contributed by atoms with Crippen molar-refractivity contribution in [3.05, 3.63) is 53.5 Å². The predicted octanol–water partition coefficient (Wildman–Crippen LogP) is 4.68. The van der Waals surface area contributed by atoms with Gasteiger partial charge in [0.25, 0.3) is 0 Å². The summed E-state index contributed by atoms with van der Waals surface area (Å²) < 4.78 is 5.64. The minimum absolute atomic E-state index is 0.0589. The Balaban J connectivity index is 1.90. The molecular weight excluding hydrogens is 310 g/mol. The zero-order valence-electron chi connectivity index (χ0n) is 15.2. The van der Waals surface area contributed by atoms with Crippen LogP contribution in [-0.2, 0) is 11.8 Å². The second-order valence-electron chi connectivity index (χ2n) is 7.64. The Kier molecular flexibility index (Phi) is 3.64. The zero-order chi connectivity index (χ0) is 17.6. The van der Waals surface area contributed by atoms with Gasteiger partial charge in [-0.25, -0.2) is 4.98 Å². The summed E-state index contributed by atoms with van der Waals surface area (Å²) in [4.78, 5) is 13.2. The molecule has 3 aromatic rings. The summed E-state index contributed by atoms with van der Waals surface area (Å²) in [5, 5.41) is 0. The van der Waals surface area contributed by atoms with Gasteiger partial charge in [0.1, 0.15) is 11.6 Å². The summed E-state index contributed by atoms with van der Waals surface area (Å²) >= 11 is 0. The van der Waals surface area contributed by atoms with E-state index in [1.54, 1.807) is 0 Å². The number of ether oxygens (including phenoxy) is 1. The van der Waals surface area contributed by atoms with Crippen molar-refractivity contribution in [1.82, 2.24) is 15.0 Å². The number of nitrogens with zero attached hydrogens (tertiary/aromatic N) is 2. The van der Waals surface area contributed by atoms with E-state index >= 15 is 0 Å². The van der Waals surface area contributed by atoms with E-state index in [1.165, 1.54) is 5.56 Å². The first kappa shape index (κ1) is 15.9. The first-order valence-corrected chi connectivity index (χ1v) is 8.72. The number of benzene rings is 1. The number of aryl methyl sites for hydroxylation is 1. The van der Waals surface area contributed by atoms with Crippen LogP contribution in [0.15, 0.2) is 36.4 Å². The van der Waals surface area contributed by atoms with Crippen molar-refractivity contribution in [3.63, 3.8) is 0 Å². The molecule has 1 aliphatic rings. The summed E-state index contributed by atoms with van der Waals surface area (Å²) in [5.74, 6) is 1.96. The van der Waals surface area contributed by atoms with Gasteiger partial charge < -0.3 is 9.72 Å². The van der Waals surface area contributed by atoms with Gasteiger partial charge in [0.05, 0.1) is 23.7 Å². The number of imidazole rings is 1. The molecule has 0 bridgehead atoms. The predicted molar refractivity (Wildman–Crippen MR) is 99.9 cm³/mol. The summed E-state index contributed by atoms with van der Waals surface area (Å²) in [6.07, 6.45) is 0.956. The number of H-pyrrole nitrogens is 1. The Hall–Kier alpha value is -2.62. The molecular formula is C21H23N3O. The van der Waals surface area contributed by atoms with Gasteiger partial charge in [-0.3, -0.25) is 4.98 Å². The highest BCUT2D eigenvalue weighted by Gasteiger charge is 2.24. The SMILES string of the molecule is Cc1cccc(-c2[nH]c(C(C)(C)C)nc2-c2ccc3c(c2)CCO3)n1. The number of pyridine rings is 1. The van der Waals surface area contributed by atoms with Crippen LogP contribution in [0.1, 0.15) is 37.9 Å². The van der Waals surface area contributed by atoms with E-state index in [-0.39, 0.29) is 5.41 Å². The van der Waals surface area contributed by atoms with Gasteiger partial charge in [0.2, 0.25) is 0 Å². The van der Waals surface area contributed by atoms with Crippen molar-refractivity contribution < 1.29 is 4.74 Å². The van der Waals surface area contributed by atoms with E-state index in [2.05, 4.69) is 44.0 Å². The fourth-order valence-electron chi connectivity index (χ4n) is 3.14. The normalized spacial score (nSPS) is 13.6. The third kappa shape index (κ3) is 2.93. The van der Waals surface area contributed by atoms with Gasteiger partial charge in [0.15, 0.2) is 0 Å². The molecule has 0 unspecified atom stereocenters. The molecule has 4 heteroatoms. The average Bonchev–Trinajstić information content (AvgIpc) is 3.20. The van der Waals surface area contributed by atoms with Crippen molar-refractivity contribution in [2.75, 3.05) is 6.61 Å². The van der Waals surface area contributed by atoms with E-state index < -0.39 is 0 Å². The Bertz CT molecular complexity index is 935. The molecule has 25 heavy (non-hydrogen) atoms. The first-order chi connectivity index (χ1) is 11.9. The molecule has 4 rings (SSSR count). The maximum Gasteiger partial charge on any atom is 0.122 e. The highest BCUT2D eigenvalue weighted by atomic mass is 16.5. The van der Waals surface area contributed by atoms with E-state index in [9.17, 15) is 0 Å². The third-order valence-electron chi connectivity index (χ3n) is 4.52. The van der Waals surface area contributed by atoms with Crippen LogP contribution in [0.4, 0.5) is 0 Å². The van der Waals surface area contributed by atoms with Crippen molar-refractivity contribution in [1.29, 1.82) is 0 Å². The second-order valence-corrected chi connectivity index (χ2v) is 7.64. The lowest BCUT2D eigenvalue weighted by Crippen LogP contribution is -2.13. The maximum absolute atomic E-state index is 5.64. The van der Waals surface area contributed by atoms with Gasteiger partial charge >= 0.3 is 0 Å². The summed E-state index contributed by atoms with van der Waals surface area (Å²) in [6.45, 7) is 9.27. The number of hydrogen-bond acceptors (Lipinski definition) is 3. The molecule has 0 saturated carbocycles. The lowest BCUT2D eigenvalue weighted by atomic mass is 9.96. The standard InChI is InChI=1S/C21H23N3O/c1-13-6-5-7-16(22-13)19-18(23-20(24-19)21(2,3)4)15-8-9-17-14(12-15)10-11-25-17/h5-9,12H,10-11H2,1-4H3,(H,23,24). The van der Waals surface area contributed by atoms with E-state index in [0.717, 1.165) is 52.9 Å². The lowest BCUT2D eigenvalue weighted by Gasteiger charge is -2.14. The van der Waals surface area contributed by atoms with Crippen molar-refractivity contribution in [3.8, 4) is 28.4 Å². The number of aromatic nitrogens is 3. The molecule has 0 fully saturated rings. The lowest BCUT2D eigenvalue weighted by molar-refractivity contribution is 0.357. The highest BCUT2D eigenvalue weighted by molar-refractivity contribution is 5.78. The van der Waals surface area contributed by atoms with E-state index in [1.807, 2.05) is 25.1 Å². The average molecular weight is 333 g/mol. The van der Waals surface area contributed by atoms with Crippen molar-refractivity contribution in [2.24, 2.45) is 0 Å². The molecule has 128 valence electrons. The molecule has 2 aromatic heterocycles. The van der Waals surface area contributed by atoms with Crippen molar-refractivity contribution >= 4 is 0 Å². The van der Waals surface area contributed by atoms with Crippen LogP contribution in [0, 0.1) is 6.92 Å². The number of rotatable bonds is 2. The van der Waals surface area contributed by atoms with Crippen molar-refractivity contribution in [2.45, 2.75) is 39.5 Å². The van der Waals surface area contributed by atoms with Crippen LogP contribution in [0.3, 0.4) is 0 Å². The van der Waals surface area contributed by atoms with E-state index in [4.69, 9.17) is 14.7 Å². The quantitative estimate of drug-likeness (QED) is 0.741. The van der Waals surface area contributed by atoms with Gasteiger partial charge in [-0.2, -0.15) is 0 Å². The maximum atomic E-state index is 5.64. The smallest absolute Gasteiger partial charge is 0.122 e. The third-order valence-corrected chi connectivity index (χ3v) is 4.52. The molecule has 0 saturated heterocycles. The molecule has 1 aliphatic heterocycles. The zero-order valence-corrected chi connectivity index (χ0v) is 15.2. The van der Waals surface area contributed by atoms with Gasteiger partial charge in [-0.15, -0.1) is 0 Å². The summed E-state index contributed by atoms with van der Waals surface area (Å²) in [6, 6.07) is 12.4. The number of nitrogens with one attached hydrogen (secondary N) is 1. The van der Waals surface area contributed by atoms with E-state index in [0.29, 0.717) is 0 Å². The molecule has 0 atom stereocenters. The summed E-state index contributed by atoms with van der Waals surface area (Å²) in [5.41, 5.74) is 6.16. The molecule has 4 nitrogen and oxygen atoms in total. The molecule has 3 heterocycles. The van der Waals surface area contributed by atoms with Crippen LogP contribution in [0.2, 0.25) is 0 Å². The fraction of sp³-hybridized carbons (Fsp3) is 0.333. The summed E-state index contributed by atoms with van der Waals surface area (Å²) in [7, 11) is 0. The Labute approximate surface area is 148 Å². The molecule has 0 amide bonds. The fourth-order valence-corrected chi connectivity index (χ4v) is 3.14. The molecule has 1 aromatic carbocycles. The first-order valence-electron chi connectivity index (χ1n) is 8.72. The highest BCUT2D eigenvalue weighted by Crippen LogP contribution is 2.36. The monoisotopic (exact) mass is 333 g/mol. The number of fused-ring (bicyclic) bond motifs is 1. The molecule has 0 radical (unpaired) electrons.